The maximum Gasteiger partial charge on any atom is 0.258 e. The summed E-state index contributed by atoms with van der Waals surface area (Å²) in [6.45, 7) is 0. The smallest absolute Gasteiger partial charge is 0.258 e. The average Bonchev–Trinajstić information content (AvgIpc) is 2.58. The number of hydrogen-bond donors (Lipinski definition) is 1. The largest absolute Gasteiger partial charge is 0.288 e. The van der Waals surface area contributed by atoms with Crippen LogP contribution in [-0.4, -0.2) is 16.8 Å². The van der Waals surface area contributed by atoms with E-state index in [1.54, 1.807) is 12.1 Å². The number of nitrogens with one attached hydrogen (secondary N) is 1. The number of benzene rings is 3. The number of imide groups is 1. The number of aromatic nitrogens is 1. The lowest BCUT2D eigenvalue weighted by atomic mass is 9.91. The minimum Gasteiger partial charge on any atom is -0.288 e. The van der Waals surface area contributed by atoms with Gasteiger partial charge in [-0.05, 0) is 22.9 Å². The summed E-state index contributed by atoms with van der Waals surface area (Å²) in [4.78, 5) is 28.9. The highest BCUT2D eigenvalue weighted by molar-refractivity contribution is 6.31. The van der Waals surface area contributed by atoms with Crippen LogP contribution in [-0.2, 0) is 0 Å². The fraction of sp³-hybridized carbons (Fsp3) is 0. The molecule has 0 bridgehead atoms. The molecule has 0 unspecified atom stereocenters. The van der Waals surface area contributed by atoms with Crippen LogP contribution >= 0.6 is 0 Å². The zero-order valence-corrected chi connectivity index (χ0v) is 12.0. The standard InChI is InChI=1S/C19H10N2O2/c22-18-13-7-3-6-12-16(13)14(19(23)21-18)8-15-17(12)11-5-2-1-4-10(11)9-20-15/h1-9H,(H,21,22,23). The second kappa shape index (κ2) is 4.14. The van der Waals surface area contributed by atoms with Gasteiger partial charge in [0, 0.05) is 27.9 Å². The molecule has 4 heteroatoms. The van der Waals surface area contributed by atoms with Gasteiger partial charge in [-0.1, -0.05) is 36.4 Å². The Balaban J connectivity index is 2.13. The van der Waals surface area contributed by atoms with Crippen molar-refractivity contribution in [3.05, 3.63) is 65.9 Å². The number of amides is 2. The zero-order valence-electron chi connectivity index (χ0n) is 12.0. The first kappa shape index (κ1) is 12.3. The van der Waals surface area contributed by atoms with Crippen molar-refractivity contribution >= 4 is 44.3 Å². The molecule has 1 aromatic heterocycles. The molecule has 0 fully saturated rings. The van der Waals surface area contributed by atoms with E-state index < -0.39 is 0 Å². The van der Waals surface area contributed by atoms with E-state index in [2.05, 4.69) is 10.3 Å². The third-order valence-corrected chi connectivity index (χ3v) is 4.43. The van der Waals surface area contributed by atoms with Gasteiger partial charge in [0.05, 0.1) is 11.1 Å². The van der Waals surface area contributed by atoms with E-state index in [1.807, 2.05) is 42.6 Å². The van der Waals surface area contributed by atoms with Crippen LogP contribution in [0.25, 0.3) is 32.4 Å². The van der Waals surface area contributed by atoms with Crippen LogP contribution in [0.4, 0.5) is 0 Å². The maximum atomic E-state index is 12.2. The van der Waals surface area contributed by atoms with Gasteiger partial charge in [0.1, 0.15) is 0 Å². The van der Waals surface area contributed by atoms with Crippen molar-refractivity contribution in [1.82, 2.24) is 10.3 Å². The van der Waals surface area contributed by atoms with Crippen LogP contribution in [0.15, 0.2) is 54.7 Å². The molecule has 1 N–H and O–H groups in total. The van der Waals surface area contributed by atoms with Crippen molar-refractivity contribution in [2.24, 2.45) is 0 Å². The van der Waals surface area contributed by atoms with Crippen LogP contribution in [0.3, 0.4) is 0 Å². The molecule has 2 amide bonds. The molecule has 1 aliphatic heterocycles. The molecule has 5 rings (SSSR count). The highest BCUT2D eigenvalue weighted by atomic mass is 16.2. The highest BCUT2D eigenvalue weighted by Gasteiger charge is 2.26. The summed E-state index contributed by atoms with van der Waals surface area (Å²) >= 11 is 0. The third kappa shape index (κ3) is 1.52. The predicted octanol–water partition coefficient (Wildman–Crippen LogP) is 3.42. The Bertz CT molecular complexity index is 1180. The molecule has 0 radical (unpaired) electrons. The van der Waals surface area contributed by atoms with Gasteiger partial charge in [0.15, 0.2) is 0 Å². The molecule has 0 saturated heterocycles. The summed E-state index contributed by atoms with van der Waals surface area (Å²) in [5, 5.41) is 7.08. The minimum atomic E-state index is -0.365. The number of hydrogen-bond acceptors (Lipinski definition) is 3. The lowest BCUT2D eigenvalue weighted by Crippen LogP contribution is -2.34. The van der Waals surface area contributed by atoms with Crippen molar-refractivity contribution in [3.63, 3.8) is 0 Å². The number of pyridine rings is 1. The van der Waals surface area contributed by atoms with Crippen molar-refractivity contribution in [1.29, 1.82) is 0 Å². The van der Waals surface area contributed by atoms with Gasteiger partial charge in [-0.3, -0.25) is 19.9 Å². The Morgan fingerprint density at radius 1 is 0.783 bits per heavy atom. The van der Waals surface area contributed by atoms with E-state index >= 15 is 0 Å². The highest BCUT2D eigenvalue weighted by Crippen LogP contribution is 2.35. The van der Waals surface area contributed by atoms with Gasteiger partial charge >= 0.3 is 0 Å². The molecule has 0 saturated carbocycles. The van der Waals surface area contributed by atoms with Gasteiger partial charge in [-0.25, -0.2) is 0 Å². The summed E-state index contributed by atoms with van der Waals surface area (Å²) in [5.74, 6) is -0.712. The van der Waals surface area contributed by atoms with E-state index in [4.69, 9.17) is 0 Å². The Morgan fingerprint density at radius 3 is 2.48 bits per heavy atom. The fourth-order valence-electron chi connectivity index (χ4n) is 3.44. The van der Waals surface area contributed by atoms with Crippen molar-refractivity contribution in [2.45, 2.75) is 0 Å². The SMILES string of the molecule is O=C1NC(=O)c2cc3ncc4ccccc4c3c3cccc1c23. The topological polar surface area (TPSA) is 59.1 Å². The molecular formula is C19H10N2O2. The molecule has 4 aromatic rings. The number of nitrogens with zero attached hydrogens (tertiary/aromatic N) is 1. The molecule has 2 heterocycles. The third-order valence-electron chi connectivity index (χ3n) is 4.43. The van der Waals surface area contributed by atoms with Gasteiger partial charge in [0.25, 0.3) is 11.8 Å². The first-order valence-electron chi connectivity index (χ1n) is 7.33. The number of carbonyl (C=O) groups excluding carboxylic acids is 2. The fourth-order valence-corrected chi connectivity index (χ4v) is 3.44. The molecule has 0 spiro atoms. The van der Waals surface area contributed by atoms with Gasteiger partial charge < -0.3 is 0 Å². The second-order valence-corrected chi connectivity index (χ2v) is 5.68. The lowest BCUT2D eigenvalue weighted by molar-refractivity contribution is 0.0845. The van der Waals surface area contributed by atoms with Crippen molar-refractivity contribution < 1.29 is 9.59 Å². The Kier molecular flexibility index (Phi) is 2.21. The normalized spacial score (nSPS) is 13.7. The lowest BCUT2D eigenvalue weighted by Gasteiger charge is -2.18. The van der Waals surface area contributed by atoms with E-state index in [0.717, 1.165) is 27.1 Å². The first-order chi connectivity index (χ1) is 11.2. The monoisotopic (exact) mass is 298 g/mol. The number of rotatable bonds is 0. The Labute approximate surface area is 130 Å². The maximum absolute atomic E-state index is 12.2. The molecule has 4 nitrogen and oxygen atoms in total. The average molecular weight is 298 g/mol. The quantitative estimate of drug-likeness (QED) is 0.400. The Hall–Kier alpha value is -3.27. The van der Waals surface area contributed by atoms with Crippen molar-refractivity contribution in [3.8, 4) is 0 Å². The van der Waals surface area contributed by atoms with Crippen LogP contribution in [0.5, 0.6) is 0 Å². The van der Waals surface area contributed by atoms with Crippen LogP contribution in [0.1, 0.15) is 20.7 Å². The van der Waals surface area contributed by atoms with Gasteiger partial charge in [-0.2, -0.15) is 0 Å². The van der Waals surface area contributed by atoms with Crippen LogP contribution < -0.4 is 5.32 Å². The summed E-state index contributed by atoms with van der Waals surface area (Å²) in [7, 11) is 0. The molecule has 3 aromatic carbocycles. The first-order valence-corrected chi connectivity index (χ1v) is 7.33. The van der Waals surface area contributed by atoms with Crippen molar-refractivity contribution in [2.75, 3.05) is 0 Å². The number of fused-ring (bicyclic) bond motifs is 4. The Morgan fingerprint density at radius 2 is 1.57 bits per heavy atom. The molecular weight excluding hydrogens is 288 g/mol. The molecule has 0 atom stereocenters. The molecule has 108 valence electrons. The van der Waals surface area contributed by atoms with E-state index in [9.17, 15) is 9.59 Å². The molecule has 0 aliphatic carbocycles. The van der Waals surface area contributed by atoms with E-state index in [1.165, 1.54) is 0 Å². The summed E-state index contributed by atoms with van der Waals surface area (Å²) in [5.41, 5.74) is 1.80. The second-order valence-electron chi connectivity index (χ2n) is 5.68. The minimum absolute atomic E-state index is 0.347. The molecule has 1 aliphatic rings. The van der Waals surface area contributed by atoms with Crippen LogP contribution in [0, 0.1) is 0 Å². The predicted molar refractivity (Wildman–Crippen MR) is 88.6 cm³/mol. The molecule has 23 heavy (non-hydrogen) atoms. The van der Waals surface area contributed by atoms with E-state index in [-0.39, 0.29) is 11.8 Å². The summed E-state index contributed by atoms with van der Waals surface area (Å²) < 4.78 is 0. The number of carbonyl (C=O) groups is 2. The summed E-state index contributed by atoms with van der Waals surface area (Å²) in [6, 6.07) is 15.3. The zero-order chi connectivity index (χ0) is 15.6. The van der Waals surface area contributed by atoms with E-state index in [0.29, 0.717) is 16.5 Å². The summed E-state index contributed by atoms with van der Waals surface area (Å²) in [6.07, 6.45) is 1.81. The van der Waals surface area contributed by atoms with Gasteiger partial charge in [-0.15, -0.1) is 0 Å². The van der Waals surface area contributed by atoms with Gasteiger partial charge in [0.2, 0.25) is 0 Å². The van der Waals surface area contributed by atoms with Crippen LogP contribution in [0.2, 0.25) is 0 Å².